The molecule has 0 aromatic heterocycles. The number of amides is 2. The van der Waals surface area contributed by atoms with Gasteiger partial charge in [-0.2, -0.15) is 0 Å². The van der Waals surface area contributed by atoms with E-state index in [-0.39, 0.29) is 36.2 Å². The summed E-state index contributed by atoms with van der Waals surface area (Å²) in [5, 5.41) is 21.7. The van der Waals surface area contributed by atoms with E-state index >= 15 is 0 Å². The fraction of sp³-hybridized carbons (Fsp3) is 0.484. The molecule has 4 aliphatic heterocycles. The van der Waals surface area contributed by atoms with Crippen LogP contribution in [0.5, 0.6) is 5.75 Å². The Morgan fingerprint density at radius 1 is 1.12 bits per heavy atom. The number of carbonyl (C=O) groups is 4. The summed E-state index contributed by atoms with van der Waals surface area (Å²) in [4.78, 5) is 55.6. The Morgan fingerprint density at radius 2 is 1.81 bits per heavy atom. The number of phenols is 1. The van der Waals surface area contributed by atoms with Gasteiger partial charge < -0.3 is 24.6 Å². The van der Waals surface area contributed by atoms with Crippen molar-refractivity contribution >= 4 is 52.8 Å². The van der Waals surface area contributed by atoms with E-state index < -0.39 is 45.8 Å². The van der Waals surface area contributed by atoms with E-state index in [9.17, 15) is 29.4 Å². The summed E-state index contributed by atoms with van der Waals surface area (Å²) < 4.78 is 11.5. The molecule has 0 saturated carbocycles. The highest BCUT2D eigenvalue weighted by atomic mass is 32.2. The van der Waals surface area contributed by atoms with Crippen molar-refractivity contribution in [2.45, 2.75) is 68.5 Å². The van der Waals surface area contributed by atoms with E-state index in [4.69, 9.17) is 9.47 Å². The number of ketones is 1. The number of nitrogens with zero attached hydrogens (tertiary/aromatic N) is 2. The van der Waals surface area contributed by atoms with E-state index in [2.05, 4.69) is 0 Å². The fourth-order valence-electron chi connectivity index (χ4n) is 6.53. The Hall–Kier alpha value is -3.22. The van der Waals surface area contributed by atoms with Gasteiger partial charge in [-0.3, -0.25) is 24.1 Å². The summed E-state index contributed by atoms with van der Waals surface area (Å²) in [6.45, 7) is 6.44. The molecule has 7 atom stereocenters. The van der Waals surface area contributed by atoms with Crippen LogP contribution >= 0.6 is 23.5 Å². The number of rotatable bonds is 8. The lowest BCUT2D eigenvalue weighted by atomic mass is 9.87. The molecule has 10 nitrogen and oxygen atoms in total. The van der Waals surface area contributed by atoms with Crippen molar-refractivity contribution in [1.29, 1.82) is 0 Å². The van der Waals surface area contributed by atoms with Gasteiger partial charge in [0.2, 0.25) is 0 Å². The number of phenolic OH excluding ortho intramolecular Hbond substituents is 1. The maximum atomic E-state index is 14.7. The number of benzene rings is 1. The molecular weight excluding hydrogens is 592 g/mol. The molecule has 4 heterocycles. The monoisotopic (exact) mass is 628 g/mol. The third-order valence-electron chi connectivity index (χ3n) is 9.13. The van der Waals surface area contributed by atoms with Gasteiger partial charge in [-0.1, -0.05) is 25.1 Å². The number of fused-ring (bicyclic) bond motifs is 6. The normalized spacial score (nSPS) is 29.8. The average Bonchev–Trinajstić information content (AvgIpc) is 3.48. The highest BCUT2D eigenvalue weighted by Crippen LogP contribution is 2.59. The van der Waals surface area contributed by atoms with E-state index in [1.54, 1.807) is 51.5 Å². The largest absolute Gasteiger partial charge is 0.506 e. The molecule has 0 spiro atoms. The molecule has 12 heteroatoms. The van der Waals surface area contributed by atoms with Crippen LogP contribution in [0, 0.1) is 11.8 Å². The molecule has 4 aliphatic rings. The molecule has 0 aliphatic carbocycles. The second-order valence-corrected chi connectivity index (χ2v) is 13.5. The van der Waals surface area contributed by atoms with Crippen molar-refractivity contribution < 1.29 is 38.9 Å². The zero-order valence-corrected chi connectivity index (χ0v) is 26.5. The number of esters is 1. The average molecular weight is 629 g/mol. The van der Waals surface area contributed by atoms with Crippen LogP contribution in [0.4, 0.5) is 5.69 Å². The van der Waals surface area contributed by atoms with Crippen LogP contribution in [0.25, 0.3) is 0 Å². The molecule has 0 bridgehead atoms. The topological polar surface area (TPSA) is 134 Å². The molecule has 0 radical (unpaired) electrons. The molecule has 0 unspecified atom stereocenters. The molecule has 1 aromatic carbocycles. The first-order valence-electron chi connectivity index (χ1n) is 14.1. The summed E-state index contributed by atoms with van der Waals surface area (Å²) in [7, 11) is 0. The zero-order valence-electron chi connectivity index (χ0n) is 24.9. The maximum absolute atomic E-state index is 14.7. The van der Waals surface area contributed by atoms with Crippen molar-refractivity contribution in [3.05, 3.63) is 59.6 Å². The summed E-state index contributed by atoms with van der Waals surface area (Å²) in [5.74, 6) is -3.69. The van der Waals surface area contributed by atoms with Crippen LogP contribution < -0.4 is 4.90 Å². The smallest absolute Gasteiger partial charge is 0.311 e. The first kappa shape index (κ1) is 31.2. The number of hydrogen-bond acceptors (Lipinski definition) is 10. The highest BCUT2D eigenvalue weighted by Gasteiger charge is 2.71. The Bertz CT molecular complexity index is 1470. The van der Waals surface area contributed by atoms with Gasteiger partial charge in [0, 0.05) is 18.8 Å². The van der Waals surface area contributed by atoms with Crippen LogP contribution in [-0.2, 0) is 35.1 Å². The lowest BCUT2D eigenvalue weighted by Gasteiger charge is -2.52. The Balaban J connectivity index is 1.51. The number of aliphatic hydroxyl groups is 1. The number of thioether (sulfide) groups is 2. The second kappa shape index (κ2) is 11.4. The number of ether oxygens (including phenoxy) is 2. The number of Topliss-reactive ketones (excluding diaryl/α,β-unsaturated/α-hetero) is 1. The molecule has 2 amide bonds. The molecule has 2 N–H and O–H groups in total. The van der Waals surface area contributed by atoms with Crippen LogP contribution in [0.2, 0.25) is 0 Å². The third-order valence-corrected chi connectivity index (χ3v) is 11.5. The summed E-state index contributed by atoms with van der Waals surface area (Å²) >= 11 is 2.44. The van der Waals surface area contributed by atoms with Gasteiger partial charge in [-0.05, 0) is 62.1 Å². The molecule has 2 saturated heterocycles. The fourth-order valence-corrected chi connectivity index (χ4v) is 8.43. The number of aromatic hydroxyl groups is 1. The molecule has 43 heavy (non-hydrogen) atoms. The molecular formula is C31H36N2O8S2. The van der Waals surface area contributed by atoms with Gasteiger partial charge in [-0.25, -0.2) is 0 Å². The van der Waals surface area contributed by atoms with Gasteiger partial charge >= 0.3 is 5.97 Å². The zero-order chi connectivity index (χ0) is 31.4. The van der Waals surface area contributed by atoms with Gasteiger partial charge in [0.05, 0.1) is 36.3 Å². The lowest BCUT2D eigenvalue weighted by Crippen LogP contribution is -2.74. The predicted octanol–water partition coefficient (Wildman–Crippen LogP) is 3.52. The Labute approximate surface area is 259 Å². The van der Waals surface area contributed by atoms with Crippen LogP contribution in [0.3, 0.4) is 0 Å². The van der Waals surface area contributed by atoms with Crippen LogP contribution in [0.15, 0.2) is 54.0 Å². The number of aliphatic hydroxyl groups excluding tert-OH is 1. The first-order chi connectivity index (χ1) is 20.4. The minimum atomic E-state index is -1.38. The van der Waals surface area contributed by atoms with Gasteiger partial charge in [0.1, 0.15) is 11.9 Å². The van der Waals surface area contributed by atoms with Crippen molar-refractivity contribution in [2.24, 2.45) is 11.8 Å². The van der Waals surface area contributed by atoms with Gasteiger partial charge in [0.15, 0.2) is 15.5 Å². The van der Waals surface area contributed by atoms with E-state index in [0.717, 1.165) is 0 Å². The molecule has 230 valence electrons. The number of allylic oxidation sites excluding steroid dienone is 2. The predicted molar refractivity (Wildman–Crippen MR) is 164 cm³/mol. The van der Waals surface area contributed by atoms with Crippen LogP contribution in [-0.4, -0.2) is 79.2 Å². The Morgan fingerprint density at radius 3 is 2.47 bits per heavy atom. The van der Waals surface area contributed by atoms with Crippen LogP contribution in [0.1, 0.15) is 39.7 Å². The highest BCUT2D eigenvalue weighted by molar-refractivity contribution is 8.01. The lowest BCUT2D eigenvalue weighted by molar-refractivity contribution is -0.162. The van der Waals surface area contributed by atoms with Gasteiger partial charge in [0.25, 0.3) is 11.8 Å². The molecule has 1 aromatic rings. The number of carbonyl (C=O) groups excluding carboxylic acids is 4. The standard InChI is InChI=1S/C31H36N2O8S2/c1-7-16(2)25(35)17(3)26(36)18(4)27(37)41-22-11-12-40-15-20-14-31(43-6)28(38)32-23-19(9-8-10-21(23)34)13-30(32,42-5)29(39)33(31)24(20)22/h7-12,15,17-18,22,24,26,34,36H,13-14H2,1-6H3/t17-,18-,22+,24+,26+,30-,31-/m1/s1. The van der Waals surface area contributed by atoms with E-state index in [1.165, 1.54) is 64.9 Å². The number of para-hydroxylation sites is 1. The quantitative estimate of drug-likeness (QED) is 0.325. The number of hydrogen-bond donors (Lipinski definition) is 2. The first-order valence-corrected chi connectivity index (χ1v) is 16.5. The molecule has 2 fully saturated rings. The summed E-state index contributed by atoms with van der Waals surface area (Å²) in [6, 6.07) is 4.14. The van der Waals surface area contributed by atoms with E-state index in [1.807, 2.05) is 0 Å². The third kappa shape index (κ3) is 4.52. The number of piperazine rings is 1. The van der Waals surface area contributed by atoms with Crippen molar-refractivity contribution in [2.75, 3.05) is 17.4 Å². The summed E-state index contributed by atoms with van der Waals surface area (Å²) in [6.07, 6.45) is 7.51. The minimum Gasteiger partial charge on any atom is -0.506 e. The Kier molecular flexibility index (Phi) is 8.25. The van der Waals surface area contributed by atoms with Crippen molar-refractivity contribution in [3.8, 4) is 5.75 Å². The summed E-state index contributed by atoms with van der Waals surface area (Å²) in [5.41, 5.74) is 2.10. The second-order valence-electron chi connectivity index (χ2n) is 11.3. The van der Waals surface area contributed by atoms with E-state index in [0.29, 0.717) is 22.4 Å². The SMILES string of the molecule is CC=C(C)C(=O)[C@@H](C)[C@H](O)[C@@H](C)C(=O)O[C@H]1C=COC=C2C[C@@]3(SC)C(=O)N4c5c(O)cccc5C[C@@]4(SC)C(=O)N3[C@@H]21. The number of anilines is 1. The van der Waals surface area contributed by atoms with Crippen molar-refractivity contribution in [3.63, 3.8) is 0 Å². The molecule has 5 rings (SSSR count). The van der Waals surface area contributed by atoms with Crippen molar-refractivity contribution in [1.82, 2.24) is 4.90 Å². The maximum Gasteiger partial charge on any atom is 0.311 e. The van der Waals surface area contributed by atoms with Gasteiger partial charge in [-0.15, -0.1) is 23.5 Å². The minimum absolute atomic E-state index is 0.0753.